The molecule has 0 bridgehead atoms. The van der Waals surface area contributed by atoms with Gasteiger partial charge in [0.1, 0.15) is 12.3 Å². The first-order valence-corrected chi connectivity index (χ1v) is 8.72. The number of ether oxygens (including phenoxy) is 2. The largest absolute Gasteiger partial charge is 0.493 e. The lowest BCUT2D eigenvalue weighted by Crippen LogP contribution is -2.07. The zero-order valence-electron chi connectivity index (χ0n) is 13.9. The Kier molecular flexibility index (Phi) is 5.58. The average Bonchev–Trinajstić information content (AvgIpc) is 3.01. The van der Waals surface area contributed by atoms with Gasteiger partial charge in [0.25, 0.3) is 0 Å². The molecule has 3 rings (SSSR count). The molecule has 1 heterocycles. The van der Waals surface area contributed by atoms with E-state index in [1.54, 1.807) is 19.3 Å². The maximum atomic E-state index is 12.1. The van der Waals surface area contributed by atoms with Gasteiger partial charge in [-0.05, 0) is 46.4 Å². The molecule has 0 N–H and O–H groups in total. The molecule has 0 unspecified atom stereocenters. The van der Waals surface area contributed by atoms with Crippen LogP contribution in [0.1, 0.15) is 11.1 Å². The van der Waals surface area contributed by atoms with Crippen LogP contribution in [0.2, 0.25) is 0 Å². The number of carbonyl (C=O) groups excluding carboxylic acids is 1. The summed E-state index contributed by atoms with van der Waals surface area (Å²) in [5.41, 5.74) is 2.45. The summed E-state index contributed by atoms with van der Waals surface area (Å²) in [5, 5.41) is 3.91. The molecule has 1 aliphatic heterocycles. The van der Waals surface area contributed by atoms with Crippen molar-refractivity contribution in [2.24, 2.45) is 5.16 Å². The molecule has 0 aromatic heterocycles. The second-order valence-corrected chi connectivity index (χ2v) is 6.43. The first-order valence-electron chi connectivity index (χ1n) is 7.64. The van der Waals surface area contributed by atoms with Crippen molar-refractivity contribution in [2.45, 2.75) is 0 Å². The summed E-state index contributed by atoms with van der Waals surface area (Å²) >= 11 is 2.13. The van der Waals surface area contributed by atoms with E-state index < -0.39 is 5.97 Å². The first-order chi connectivity index (χ1) is 12.6. The van der Waals surface area contributed by atoms with Crippen molar-refractivity contribution in [2.75, 3.05) is 13.7 Å². The van der Waals surface area contributed by atoms with E-state index in [2.05, 4.69) is 33.7 Å². The minimum atomic E-state index is -0.495. The minimum Gasteiger partial charge on any atom is -0.493 e. The summed E-state index contributed by atoms with van der Waals surface area (Å²) in [6.07, 6.45) is 6.97. The summed E-state index contributed by atoms with van der Waals surface area (Å²) in [4.78, 5) is 17.0. The minimum absolute atomic E-state index is 0.143. The predicted molar refractivity (Wildman–Crippen MR) is 107 cm³/mol. The molecule has 26 heavy (non-hydrogen) atoms. The van der Waals surface area contributed by atoms with E-state index in [0.717, 1.165) is 14.7 Å². The first kappa shape index (κ1) is 18.0. The Hall–Kier alpha value is -2.79. The molecule has 1 aliphatic rings. The number of carbonyl (C=O) groups is 1. The molecule has 0 saturated heterocycles. The van der Waals surface area contributed by atoms with Gasteiger partial charge in [-0.1, -0.05) is 41.4 Å². The zero-order chi connectivity index (χ0) is 18.5. The second kappa shape index (κ2) is 8.06. The lowest BCUT2D eigenvalue weighted by molar-refractivity contribution is -0.136. The second-order valence-electron chi connectivity index (χ2n) is 5.27. The van der Waals surface area contributed by atoms with Crippen molar-refractivity contribution < 1.29 is 19.1 Å². The van der Waals surface area contributed by atoms with Gasteiger partial charge < -0.3 is 14.3 Å². The summed E-state index contributed by atoms with van der Waals surface area (Å²) in [6.45, 7) is 0.143. The van der Waals surface area contributed by atoms with Crippen molar-refractivity contribution in [1.29, 1.82) is 0 Å². The molecule has 2 aromatic rings. The smallest absolute Gasteiger partial charge is 0.368 e. The maximum Gasteiger partial charge on any atom is 0.368 e. The van der Waals surface area contributed by atoms with Gasteiger partial charge in [0.05, 0.1) is 16.3 Å². The molecule has 6 heteroatoms. The van der Waals surface area contributed by atoms with Crippen LogP contribution >= 0.6 is 22.6 Å². The highest BCUT2D eigenvalue weighted by Crippen LogP contribution is 2.35. The number of oxime groups is 1. The molecule has 2 aromatic carbocycles. The van der Waals surface area contributed by atoms with Gasteiger partial charge in [-0.25, -0.2) is 4.79 Å². The van der Waals surface area contributed by atoms with Crippen LogP contribution in [0.25, 0.3) is 6.08 Å². The highest BCUT2D eigenvalue weighted by atomic mass is 127. The van der Waals surface area contributed by atoms with Crippen LogP contribution in [-0.2, 0) is 9.63 Å². The SMILES string of the molecule is C#CCOc1c(I)cc(/C=C2\C(=O)ON=C2c2ccccc2)cc1OC. The summed E-state index contributed by atoms with van der Waals surface area (Å²) in [5.74, 6) is 3.03. The number of rotatable bonds is 5. The van der Waals surface area contributed by atoms with E-state index in [-0.39, 0.29) is 6.61 Å². The van der Waals surface area contributed by atoms with Gasteiger partial charge >= 0.3 is 5.97 Å². The van der Waals surface area contributed by atoms with E-state index in [1.165, 1.54) is 0 Å². The fourth-order valence-corrected chi connectivity index (χ4v) is 3.24. The molecule has 0 amide bonds. The zero-order valence-corrected chi connectivity index (χ0v) is 16.0. The van der Waals surface area contributed by atoms with Crippen LogP contribution in [0.5, 0.6) is 11.5 Å². The van der Waals surface area contributed by atoms with Crippen LogP contribution < -0.4 is 9.47 Å². The number of hydrogen-bond acceptors (Lipinski definition) is 5. The lowest BCUT2D eigenvalue weighted by Gasteiger charge is -2.12. The van der Waals surface area contributed by atoms with Gasteiger partial charge in [0.2, 0.25) is 0 Å². The molecule has 0 spiro atoms. The molecule has 0 fully saturated rings. The highest BCUT2D eigenvalue weighted by Gasteiger charge is 2.27. The van der Waals surface area contributed by atoms with Crippen LogP contribution in [0, 0.1) is 15.9 Å². The quantitative estimate of drug-likeness (QED) is 0.297. The number of methoxy groups -OCH3 is 1. The van der Waals surface area contributed by atoms with E-state index in [4.69, 9.17) is 20.7 Å². The lowest BCUT2D eigenvalue weighted by atomic mass is 10.0. The maximum absolute atomic E-state index is 12.1. The topological polar surface area (TPSA) is 57.1 Å². The average molecular weight is 459 g/mol. The van der Waals surface area contributed by atoms with Crippen molar-refractivity contribution in [3.8, 4) is 23.8 Å². The van der Waals surface area contributed by atoms with Gasteiger partial charge in [0, 0.05) is 5.56 Å². The normalized spacial score (nSPS) is 14.6. The molecular weight excluding hydrogens is 445 g/mol. The number of terminal acetylenes is 1. The Labute approximate surface area is 164 Å². The van der Waals surface area contributed by atoms with Gasteiger partial charge in [-0.15, -0.1) is 6.42 Å². The molecule has 0 atom stereocenters. The van der Waals surface area contributed by atoms with Crippen molar-refractivity contribution in [3.63, 3.8) is 0 Å². The van der Waals surface area contributed by atoms with Gasteiger partial charge in [-0.3, -0.25) is 0 Å². The van der Waals surface area contributed by atoms with E-state index in [1.807, 2.05) is 36.4 Å². The Morgan fingerprint density at radius 2 is 2.08 bits per heavy atom. The Balaban J connectivity index is 2.01. The van der Waals surface area contributed by atoms with Crippen LogP contribution in [0.3, 0.4) is 0 Å². The molecule has 130 valence electrons. The van der Waals surface area contributed by atoms with Crippen LogP contribution in [0.4, 0.5) is 0 Å². The Morgan fingerprint density at radius 3 is 2.77 bits per heavy atom. The van der Waals surface area contributed by atoms with E-state index in [9.17, 15) is 4.79 Å². The number of halogens is 1. The molecule has 0 aliphatic carbocycles. The molecule has 0 saturated carbocycles. The third-order valence-corrected chi connectivity index (χ3v) is 4.41. The molecule has 0 radical (unpaired) electrons. The van der Waals surface area contributed by atoms with Crippen molar-refractivity contribution >= 4 is 40.3 Å². The predicted octanol–water partition coefficient (Wildman–Crippen LogP) is 3.66. The number of nitrogens with zero attached hydrogens (tertiary/aromatic N) is 1. The van der Waals surface area contributed by atoms with Gasteiger partial charge in [0.15, 0.2) is 11.5 Å². The Bertz CT molecular complexity index is 942. The number of benzene rings is 2. The standard InChI is InChI=1S/C20H14INO4/c1-3-9-25-19-16(21)11-13(12-17(19)24-2)10-15-18(22-26-20(15)23)14-7-5-4-6-8-14/h1,4-8,10-12H,9H2,2H3/b15-10-. The molecule has 5 nitrogen and oxygen atoms in total. The monoisotopic (exact) mass is 459 g/mol. The fourth-order valence-electron chi connectivity index (χ4n) is 2.46. The summed E-state index contributed by atoms with van der Waals surface area (Å²) < 4.78 is 11.7. The Morgan fingerprint density at radius 1 is 1.31 bits per heavy atom. The molecular formula is C20H14INO4. The third-order valence-electron chi connectivity index (χ3n) is 3.60. The summed E-state index contributed by atoms with van der Waals surface area (Å²) in [6, 6.07) is 13.0. The van der Waals surface area contributed by atoms with Crippen molar-refractivity contribution in [3.05, 3.63) is 62.7 Å². The highest BCUT2D eigenvalue weighted by molar-refractivity contribution is 14.1. The van der Waals surface area contributed by atoms with Crippen molar-refractivity contribution in [1.82, 2.24) is 0 Å². The summed E-state index contributed by atoms with van der Waals surface area (Å²) in [7, 11) is 1.55. The van der Waals surface area contributed by atoms with E-state index in [0.29, 0.717) is 22.8 Å². The third kappa shape index (κ3) is 3.73. The van der Waals surface area contributed by atoms with Gasteiger partial charge in [-0.2, -0.15) is 0 Å². The number of hydrogen-bond donors (Lipinski definition) is 0. The van der Waals surface area contributed by atoms with Crippen LogP contribution in [0.15, 0.2) is 53.2 Å². The fraction of sp³-hybridized carbons (Fsp3) is 0.100. The van der Waals surface area contributed by atoms with Crippen LogP contribution in [-0.4, -0.2) is 25.4 Å². The van der Waals surface area contributed by atoms with E-state index >= 15 is 0 Å².